The van der Waals surface area contributed by atoms with Crippen LogP contribution in [0.3, 0.4) is 0 Å². The predicted molar refractivity (Wildman–Crippen MR) is 37.7 cm³/mol. The number of aromatic nitrogens is 1. The molecule has 0 aromatic carbocycles. The largest absolute Gasteiger partial charge is 1.00 e. The first-order valence-electron chi connectivity index (χ1n) is 3.32. The minimum absolute atomic E-state index is 0. The van der Waals surface area contributed by atoms with E-state index in [1.807, 2.05) is 0 Å². The van der Waals surface area contributed by atoms with Crippen LogP contribution in [0.4, 0.5) is 0 Å². The number of carbonyl (C=O) groups is 1. The van der Waals surface area contributed by atoms with Crippen molar-refractivity contribution < 1.29 is 28.8 Å². The Kier molecular flexibility index (Phi) is 4.64. The number of hydrogen-bond donors (Lipinski definition) is 0. The summed E-state index contributed by atoms with van der Waals surface area (Å²) < 4.78 is 0. The van der Waals surface area contributed by atoms with E-state index in [1.54, 1.807) is 31.5 Å². The van der Waals surface area contributed by atoms with E-state index in [0.717, 1.165) is 5.56 Å². The van der Waals surface area contributed by atoms with Crippen molar-refractivity contribution in [2.75, 3.05) is 0 Å². The maximum absolute atomic E-state index is 10.4. The second-order valence-electron chi connectivity index (χ2n) is 2.32. The Labute approximate surface area is 83.0 Å². The van der Waals surface area contributed by atoms with Gasteiger partial charge in [-0.25, -0.2) is 0 Å². The minimum Gasteiger partial charge on any atom is -0.550 e. The summed E-state index contributed by atoms with van der Waals surface area (Å²) in [6.45, 7) is 1.59. The Morgan fingerprint density at radius 1 is 1.50 bits per heavy atom. The van der Waals surface area contributed by atoms with Crippen LogP contribution in [0.15, 0.2) is 24.5 Å². The molecule has 0 radical (unpaired) electrons. The zero-order chi connectivity index (χ0) is 8.27. The quantitative estimate of drug-likeness (QED) is 0.428. The van der Waals surface area contributed by atoms with E-state index in [0.29, 0.717) is 0 Å². The number of hydrogen-bond acceptors (Lipinski definition) is 3. The Hall–Kier alpha value is -0.783. The summed E-state index contributed by atoms with van der Waals surface area (Å²) in [6, 6.07) is 3.33. The zero-order valence-corrected chi connectivity index (χ0v) is 7.15. The molecule has 1 aromatic heterocycles. The molecule has 1 unspecified atom stereocenters. The standard InChI is InChI=1S/C8H9NO2.Li/c1-6(8(10)11)7-2-4-9-5-3-7;/h2-6H,1H3,(H,10,11);/q;+1/p-1. The van der Waals surface area contributed by atoms with Gasteiger partial charge < -0.3 is 9.90 Å². The molecule has 1 aromatic rings. The fourth-order valence-electron chi connectivity index (χ4n) is 0.788. The maximum Gasteiger partial charge on any atom is 1.00 e. The fourth-order valence-corrected chi connectivity index (χ4v) is 0.788. The number of carbonyl (C=O) groups excluding carboxylic acids is 1. The molecule has 12 heavy (non-hydrogen) atoms. The van der Waals surface area contributed by atoms with Crippen LogP contribution in [-0.4, -0.2) is 11.0 Å². The molecule has 0 aliphatic rings. The summed E-state index contributed by atoms with van der Waals surface area (Å²) in [7, 11) is 0. The molecule has 1 rings (SSSR count). The van der Waals surface area contributed by atoms with Gasteiger partial charge >= 0.3 is 18.9 Å². The van der Waals surface area contributed by atoms with Crippen molar-refractivity contribution in [3.63, 3.8) is 0 Å². The van der Waals surface area contributed by atoms with Gasteiger partial charge in [0.2, 0.25) is 0 Å². The van der Waals surface area contributed by atoms with Crippen molar-refractivity contribution in [2.45, 2.75) is 12.8 Å². The maximum atomic E-state index is 10.4. The van der Waals surface area contributed by atoms with Crippen molar-refractivity contribution in [2.24, 2.45) is 0 Å². The van der Waals surface area contributed by atoms with Gasteiger partial charge in [-0.1, -0.05) is 6.92 Å². The first kappa shape index (κ1) is 11.2. The Morgan fingerprint density at radius 3 is 2.42 bits per heavy atom. The van der Waals surface area contributed by atoms with Crippen LogP contribution in [-0.2, 0) is 4.79 Å². The van der Waals surface area contributed by atoms with E-state index in [-0.39, 0.29) is 18.9 Å². The summed E-state index contributed by atoms with van der Waals surface area (Å²) >= 11 is 0. The Bertz CT molecular complexity index is 250. The second kappa shape index (κ2) is 4.97. The van der Waals surface area contributed by atoms with Gasteiger partial charge in [0.05, 0.1) is 0 Å². The van der Waals surface area contributed by atoms with Gasteiger partial charge in [0, 0.05) is 24.3 Å². The molecule has 58 valence electrons. The van der Waals surface area contributed by atoms with Gasteiger partial charge in [-0.2, -0.15) is 0 Å². The number of carboxylic acids is 1. The topological polar surface area (TPSA) is 53.0 Å². The van der Waals surface area contributed by atoms with Crippen LogP contribution in [0.1, 0.15) is 18.4 Å². The summed E-state index contributed by atoms with van der Waals surface area (Å²) in [5.41, 5.74) is 0.722. The summed E-state index contributed by atoms with van der Waals surface area (Å²) in [5, 5.41) is 10.4. The first-order valence-corrected chi connectivity index (χ1v) is 3.32. The average molecular weight is 157 g/mol. The minimum atomic E-state index is -1.06. The molecule has 1 heterocycles. The third-order valence-electron chi connectivity index (χ3n) is 1.56. The number of carboxylic acid groups (broad SMARTS) is 1. The molecular formula is C8H8LiNO2. The summed E-state index contributed by atoms with van der Waals surface area (Å²) in [4.78, 5) is 14.1. The molecule has 4 heteroatoms. The van der Waals surface area contributed by atoms with Crippen LogP contribution in [0.5, 0.6) is 0 Å². The molecule has 0 fully saturated rings. The number of nitrogens with zero attached hydrogens (tertiary/aromatic N) is 1. The number of pyridine rings is 1. The van der Waals surface area contributed by atoms with E-state index in [1.165, 1.54) is 0 Å². The van der Waals surface area contributed by atoms with Crippen molar-refractivity contribution in [3.05, 3.63) is 30.1 Å². The monoisotopic (exact) mass is 157 g/mol. The Balaban J connectivity index is 0.00000121. The third kappa shape index (κ3) is 2.69. The molecule has 3 nitrogen and oxygen atoms in total. The van der Waals surface area contributed by atoms with Gasteiger partial charge in [-0.15, -0.1) is 0 Å². The molecule has 0 saturated heterocycles. The molecule has 0 saturated carbocycles. The smallest absolute Gasteiger partial charge is 0.550 e. The average Bonchev–Trinajstić information content (AvgIpc) is 2.05. The van der Waals surface area contributed by atoms with Crippen LogP contribution in [0.25, 0.3) is 0 Å². The van der Waals surface area contributed by atoms with Gasteiger partial charge in [0.25, 0.3) is 0 Å². The van der Waals surface area contributed by atoms with Gasteiger partial charge in [-0.05, 0) is 17.7 Å². The second-order valence-corrected chi connectivity index (χ2v) is 2.32. The summed E-state index contributed by atoms with van der Waals surface area (Å²) in [5.74, 6) is -1.62. The van der Waals surface area contributed by atoms with Crippen molar-refractivity contribution in [3.8, 4) is 0 Å². The number of aliphatic carboxylic acids is 1. The molecular weight excluding hydrogens is 149 g/mol. The van der Waals surface area contributed by atoms with Gasteiger partial charge in [0.15, 0.2) is 0 Å². The SMILES string of the molecule is CC(C(=O)[O-])c1ccncc1.[Li+]. The predicted octanol–water partition coefficient (Wildman–Crippen LogP) is -3.06. The van der Waals surface area contributed by atoms with Crippen LogP contribution < -0.4 is 24.0 Å². The van der Waals surface area contributed by atoms with Crippen molar-refractivity contribution in [1.29, 1.82) is 0 Å². The van der Waals surface area contributed by atoms with E-state index in [2.05, 4.69) is 4.98 Å². The van der Waals surface area contributed by atoms with Crippen molar-refractivity contribution in [1.82, 2.24) is 4.98 Å². The normalized spacial score (nSPS) is 11.4. The number of rotatable bonds is 2. The van der Waals surface area contributed by atoms with Gasteiger partial charge in [-0.3, -0.25) is 4.98 Å². The molecule has 0 aliphatic heterocycles. The van der Waals surface area contributed by atoms with E-state index < -0.39 is 11.9 Å². The molecule has 0 spiro atoms. The van der Waals surface area contributed by atoms with E-state index in [9.17, 15) is 9.90 Å². The van der Waals surface area contributed by atoms with E-state index >= 15 is 0 Å². The van der Waals surface area contributed by atoms with Gasteiger partial charge in [0.1, 0.15) is 0 Å². The summed E-state index contributed by atoms with van der Waals surface area (Å²) in [6.07, 6.45) is 3.13. The molecule has 0 N–H and O–H groups in total. The Morgan fingerprint density at radius 2 is 2.00 bits per heavy atom. The molecule has 0 aliphatic carbocycles. The third-order valence-corrected chi connectivity index (χ3v) is 1.56. The molecule has 0 amide bonds. The van der Waals surface area contributed by atoms with Crippen LogP contribution in [0.2, 0.25) is 0 Å². The van der Waals surface area contributed by atoms with Crippen LogP contribution in [0, 0.1) is 0 Å². The fraction of sp³-hybridized carbons (Fsp3) is 0.250. The molecule has 0 bridgehead atoms. The van der Waals surface area contributed by atoms with E-state index in [4.69, 9.17) is 0 Å². The molecule has 1 atom stereocenters. The zero-order valence-electron chi connectivity index (χ0n) is 7.15. The first-order chi connectivity index (χ1) is 5.22. The van der Waals surface area contributed by atoms with Crippen LogP contribution >= 0.6 is 0 Å². The van der Waals surface area contributed by atoms with Crippen molar-refractivity contribution >= 4 is 5.97 Å².